The van der Waals surface area contributed by atoms with E-state index in [2.05, 4.69) is 5.32 Å². The fourth-order valence-corrected chi connectivity index (χ4v) is 2.58. The molecule has 0 aliphatic rings. The zero-order chi connectivity index (χ0) is 15.0. The van der Waals surface area contributed by atoms with Gasteiger partial charge in [-0.2, -0.15) is 0 Å². The first-order valence-corrected chi connectivity index (χ1v) is 8.52. The highest BCUT2D eigenvalue weighted by Crippen LogP contribution is 2.04. The number of hydrogen-bond acceptors (Lipinski definition) is 4. The van der Waals surface area contributed by atoms with Crippen LogP contribution in [0.25, 0.3) is 0 Å². The van der Waals surface area contributed by atoms with Gasteiger partial charge >= 0.3 is 0 Å². The summed E-state index contributed by atoms with van der Waals surface area (Å²) in [5.41, 5.74) is 0. The van der Waals surface area contributed by atoms with E-state index in [-0.39, 0.29) is 18.9 Å². The summed E-state index contributed by atoms with van der Waals surface area (Å²) >= 11 is 0. The normalized spacial score (nSPS) is 11.8. The van der Waals surface area contributed by atoms with Gasteiger partial charge in [0.2, 0.25) is 15.9 Å². The molecule has 1 amide bonds. The van der Waals surface area contributed by atoms with E-state index in [1.54, 1.807) is 12.1 Å². The highest BCUT2D eigenvalue weighted by molar-refractivity contribution is 7.88. The van der Waals surface area contributed by atoms with Crippen LogP contribution in [0.15, 0.2) is 22.8 Å². The zero-order valence-electron chi connectivity index (χ0n) is 12.0. The molecule has 0 spiro atoms. The Kier molecular flexibility index (Phi) is 6.74. The summed E-state index contributed by atoms with van der Waals surface area (Å²) in [5.74, 6) is 0.482. The van der Waals surface area contributed by atoms with E-state index < -0.39 is 10.0 Å². The summed E-state index contributed by atoms with van der Waals surface area (Å²) in [6, 6.07) is 3.52. The number of hydrogen-bond donors (Lipinski definition) is 1. The van der Waals surface area contributed by atoms with E-state index in [1.807, 2.05) is 6.92 Å². The van der Waals surface area contributed by atoms with Crippen LogP contribution in [-0.2, 0) is 21.4 Å². The maximum atomic E-state index is 11.7. The van der Waals surface area contributed by atoms with Crippen molar-refractivity contribution in [1.82, 2.24) is 9.62 Å². The molecule has 1 aromatic rings. The maximum Gasteiger partial charge on any atom is 0.221 e. The number of furan rings is 1. The molecular weight excluding hydrogens is 280 g/mol. The average molecular weight is 302 g/mol. The first-order chi connectivity index (χ1) is 9.43. The van der Waals surface area contributed by atoms with Crippen LogP contribution in [0, 0.1) is 0 Å². The van der Waals surface area contributed by atoms with Gasteiger partial charge in [-0.05, 0) is 18.6 Å². The largest absolute Gasteiger partial charge is 0.467 e. The Bertz CT molecular complexity index is 496. The molecule has 0 radical (unpaired) electrons. The minimum Gasteiger partial charge on any atom is -0.467 e. The second-order valence-electron chi connectivity index (χ2n) is 4.62. The molecule has 114 valence electrons. The number of nitrogens with one attached hydrogen (secondary N) is 1. The Labute approximate surface area is 120 Å². The van der Waals surface area contributed by atoms with Crippen molar-refractivity contribution >= 4 is 15.9 Å². The summed E-state index contributed by atoms with van der Waals surface area (Å²) in [6.07, 6.45) is 4.57. The summed E-state index contributed by atoms with van der Waals surface area (Å²) in [5, 5.41) is 2.69. The maximum absolute atomic E-state index is 11.7. The van der Waals surface area contributed by atoms with E-state index in [4.69, 9.17) is 4.42 Å². The van der Waals surface area contributed by atoms with E-state index in [0.29, 0.717) is 18.8 Å². The van der Waals surface area contributed by atoms with Gasteiger partial charge in [-0.1, -0.05) is 13.3 Å². The van der Waals surface area contributed by atoms with Gasteiger partial charge in [0.15, 0.2) is 0 Å². The van der Waals surface area contributed by atoms with Gasteiger partial charge < -0.3 is 9.73 Å². The number of sulfonamides is 1. The molecule has 1 rings (SSSR count). The lowest BCUT2D eigenvalue weighted by Gasteiger charge is -2.19. The second kappa shape index (κ2) is 8.06. The van der Waals surface area contributed by atoms with Gasteiger partial charge in [0.25, 0.3) is 0 Å². The van der Waals surface area contributed by atoms with Crippen LogP contribution in [0.5, 0.6) is 0 Å². The minimum absolute atomic E-state index is 0.150. The van der Waals surface area contributed by atoms with E-state index in [1.165, 1.54) is 16.8 Å². The second-order valence-corrected chi connectivity index (χ2v) is 6.60. The number of carbonyl (C=O) groups is 1. The van der Waals surface area contributed by atoms with Crippen molar-refractivity contribution in [2.24, 2.45) is 0 Å². The lowest BCUT2D eigenvalue weighted by Crippen LogP contribution is -2.35. The van der Waals surface area contributed by atoms with Crippen molar-refractivity contribution in [2.75, 3.05) is 19.3 Å². The standard InChI is InChI=1S/C13H22N2O4S/c1-3-4-8-15(20(2,17)18)9-7-13(16)14-11-12-6-5-10-19-12/h5-6,10H,3-4,7-9,11H2,1-2H3,(H,14,16). The highest BCUT2D eigenvalue weighted by Gasteiger charge is 2.17. The predicted molar refractivity (Wildman–Crippen MR) is 76.5 cm³/mol. The first-order valence-electron chi connectivity index (χ1n) is 6.67. The monoisotopic (exact) mass is 302 g/mol. The Hall–Kier alpha value is -1.34. The van der Waals surface area contributed by atoms with E-state index >= 15 is 0 Å². The summed E-state index contributed by atoms with van der Waals surface area (Å²) in [6.45, 7) is 2.99. The summed E-state index contributed by atoms with van der Waals surface area (Å²) < 4.78 is 29.6. The third-order valence-electron chi connectivity index (χ3n) is 2.86. The van der Waals surface area contributed by atoms with Gasteiger partial charge in [0.05, 0.1) is 19.1 Å². The first kappa shape index (κ1) is 16.7. The van der Waals surface area contributed by atoms with Crippen LogP contribution in [0.4, 0.5) is 0 Å². The van der Waals surface area contributed by atoms with Crippen LogP contribution in [0.1, 0.15) is 31.9 Å². The Morgan fingerprint density at radius 1 is 1.40 bits per heavy atom. The van der Waals surface area contributed by atoms with Gasteiger partial charge in [-0.15, -0.1) is 0 Å². The van der Waals surface area contributed by atoms with Gasteiger partial charge in [0, 0.05) is 19.5 Å². The van der Waals surface area contributed by atoms with Gasteiger partial charge in [-0.3, -0.25) is 4.79 Å². The molecule has 0 saturated carbocycles. The number of carbonyl (C=O) groups excluding carboxylic acids is 1. The zero-order valence-corrected chi connectivity index (χ0v) is 12.8. The fraction of sp³-hybridized carbons (Fsp3) is 0.615. The molecule has 20 heavy (non-hydrogen) atoms. The van der Waals surface area contributed by atoms with E-state index in [9.17, 15) is 13.2 Å². The Balaban J connectivity index is 2.36. The van der Waals surface area contributed by atoms with Crippen LogP contribution in [0.3, 0.4) is 0 Å². The average Bonchev–Trinajstić information content (AvgIpc) is 2.88. The third kappa shape index (κ3) is 6.21. The van der Waals surface area contributed by atoms with Crippen molar-refractivity contribution in [3.8, 4) is 0 Å². The number of amides is 1. The molecule has 0 aromatic carbocycles. The summed E-state index contributed by atoms with van der Waals surface area (Å²) in [7, 11) is -3.26. The lowest BCUT2D eigenvalue weighted by atomic mass is 10.3. The number of rotatable bonds is 9. The van der Waals surface area contributed by atoms with Crippen LogP contribution in [0.2, 0.25) is 0 Å². The molecule has 7 heteroatoms. The molecule has 0 atom stereocenters. The Morgan fingerprint density at radius 3 is 2.70 bits per heavy atom. The van der Waals surface area contributed by atoms with Crippen LogP contribution < -0.4 is 5.32 Å². The predicted octanol–water partition coefficient (Wildman–Crippen LogP) is 1.35. The van der Waals surface area contributed by atoms with Crippen LogP contribution in [-0.4, -0.2) is 38.0 Å². The van der Waals surface area contributed by atoms with Gasteiger partial charge in [-0.25, -0.2) is 12.7 Å². The molecule has 1 N–H and O–H groups in total. The molecule has 1 heterocycles. The molecule has 0 aliphatic carbocycles. The quantitative estimate of drug-likeness (QED) is 0.746. The third-order valence-corrected chi connectivity index (χ3v) is 4.16. The van der Waals surface area contributed by atoms with Crippen molar-refractivity contribution in [3.63, 3.8) is 0 Å². The molecule has 0 saturated heterocycles. The van der Waals surface area contributed by atoms with Crippen molar-refractivity contribution in [2.45, 2.75) is 32.7 Å². The molecule has 0 unspecified atom stereocenters. The van der Waals surface area contributed by atoms with Crippen molar-refractivity contribution < 1.29 is 17.6 Å². The molecule has 1 aromatic heterocycles. The number of nitrogens with zero attached hydrogens (tertiary/aromatic N) is 1. The highest BCUT2D eigenvalue weighted by atomic mass is 32.2. The molecule has 0 aliphatic heterocycles. The fourth-order valence-electron chi connectivity index (χ4n) is 1.69. The molecule has 6 nitrogen and oxygen atoms in total. The molecular formula is C13H22N2O4S. The van der Waals surface area contributed by atoms with Crippen molar-refractivity contribution in [1.29, 1.82) is 0 Å². The van der Waals surface area contributed by atoms with Crippen molar-refractivity contribution in [3.05, 3.63) is 24.2 Å². The number of unbranched alkanes of at least 4 members (excludes halogenated alkanes) is 1. The SMILES string of the molecule is CCCCN(CCC(=O)NCc1ccco1)S(C)(=O)=O. The van der Waals surface area contributed by atoms with Gasteiger partial charge in [0.1, 0.15) is 5.76 Å². The smallest absolute Gasteiger partial charge is 0.221 e. The lowest BCUT2D eigenvalue weighted by molar-refractivity contribution is -0.121. The van der Waals surface area contributed by atoms with Crippen LogP contribution >= 0.6 is 0 Å². The summed E-state index contributed by atoms with van der Waals surface area (Å²) in [4.78, 5) is 11.7. The van der Waals surface area contributed by atoms with E-state index in [0.717, 1.165) is 12.8 Å². The Morgan fingerprint density at radius 2 is 2.15 bits per heavy atom. The molecule has 0 bridgehead atoms. The topological polar surface area (TPSA) is 79.6 Å². The minimum atomic E-state index is -3.26. The molecule has 0 fully saturated rings.